The van der Waals surface area contributed by atoms with Crippen LogP contribution in [0.3, 0.4) is 0 Å². The van der Waals surface area contributed by atoms with Gasteiger partial charge in [0.1, 0.15) is 0 Å². The first-order valence-electron chi connectivity index (χ1n) is 5.56. The minimum Gasteiger partial charge on any atom is -0.466 e. The van der Waals surface area contributed by atoms with Crippen LogP contribution in [0.4, 0.5) is 0 Å². The standard InChI is InChI=1S/C11H17IN2O2/c1-2-16-11(15)6-4-3-5-7-14-9-10(12)8-13-14/h8-9H,2-7H2,1H3. The number of carbonyl (C=O) groups is 1. The molecule has 0 aromatic carbocycles. The maximum Gasteiger partial charge on any atom is 0.305 e. The van der Waals surface area contributed by atoms with Gasteiger partial charge in [0, 0.05) is 19.2 Å². The van der Waals surface area contributed by atoms with Crippen LogP contribution in [0.1, 0.15) is 32.6 Å². The first kappa shape index (κ1) is 13.5. The summed E-state index contributed by atoms with van der Waals surface area (Å²) in [6.45, 7) is 3.23. The lowest BCUT2D eigenvalue weighted by atomic mass is 10.2. The number of esters is 1. The highest BCUT2D eigenvalue weighted by Gasteiger charge is 2.01. The molecule has 1 heterocycles. The van der Waals surface area contributed by atoms with Crippen molar-refractivity contribution in [3.8, 4) is 0 Å². The molecule has 5 heteroatoms. The highest BCUT2D eigenvalue weighted by molar-refractivity contribution is 14.1. The van der Waals surface area contributed by atoms with Crippen molar-refractivity contribution in [2.45, 2.75) is 39.2 Å². The quantitative estimate of drug-likeness (QED) is 0.437. The molecule has 0 spiro atoms. The molecule has 0 bridgehead atoms. The molecule has 4 nitrogen and oxygen atoms in total. The summed E-state index contributed by atoms with van der Waals surface area (Å²) in [6.07, 6.45) is 7.39. The Morgan fingerprint density at radius 1 is 1.50 bits per heavy atom. The molecule has 0 unspecified atom stereocenters. The number of halogens is 1. The normalized spacial score (nSPS) is 10.4. The summed E-state index contributed by atoms with van der Waals surface area (Å²) >= 11 is 2.24. The van der Waals surface area contributed by atoms with Gasteiger partial charge in [-0.2, -0.15) is 5.10 Å². The van der Waals surface area contributed by atoms with E-state index in [1.54, 1.807) is 0 Å². The van der Waals surface area contributed by atoms with Crippen molar-refractivity contribution in [1.29, 1.82) is 0 Å². The lowest BCUT2D eigenvalue weighted by Gasteiger charge is -2.02. The number of aromatic nitrogens is 2. The summed E-state index contributed by atoms with van der Waals surface area (Å²) in [6, 6.07) is 0. The monoisotopic (exact) mass is 336 g/mol. The molecule has 90 valence electrons. The molecule has 0 N–H and O–H groups in total. The number of aryl methyl sites for hydroxylation is 1. The Labute approximate surface area is 109 Å². The molecular weight excluding hydrogens is 319 g/mol. The molecule has 0 aliphatic heterocycles. The zero-order chi connectivity index (χ0) is 11.8. The first-order valence-corrected chi connectivity index (χ1v) is 6.64. The van der Waals surface area contributed by atoms with Gasteiger partial charge in [-0.05, 0) is 42.4 Å². The lowest BCUT2D eigenvalue weighted by molar-refractivity contribution is -0.143. The van der Waals surface area contributed by atoms with Crippen LogP contribution in [-0.4, -0.2) is 22.4 Å². The van der Waals surface area contributed by atoms with Gasteiger partial charge >= 0.3 is 5.97 Å². The molecule has 0 aliphatic rings. The van der Waals surface area contributed by atoms with Crippen molar-refractivity contribution in [2.24, 2.45) is 0 Å². The molecule has 16 heavy (non-hydrogen) atoms. The molecule has 0 aliphatic carbocycles. The SMILES string of the molecule is CCOC(=O)CCCCCn1cc(I)cn1. The summed E-state index contributed by atoms with van der Waals surface area (Å²) < 4.78 is 7.95. The number of hydrogen-bond donors (Lipinski definition) is 0. The van der Waals surface area contributed by atoms with Crippen LogP contribution in [0, 0.1) is 3.57 Å². The predicted octanol–water partition coefficient (Wildman–Crippen LogP) is 2.61. The van der Waals surface area contributed by atoms with Crippen LogP contribution >= 0.6 is 22.6 Å². The zero-order valence-electron chi connectivity index (χ0n) is 9.49. The highest BCUT2D eigenvalue weighted by Crippen LogP contribution is 2.05. The molecule has 0 fully saturated rings. The Morgan fingerprint density at radius 3 is 2.94 bits per heavy atom. The number of nitrogens with zero attached hydrogens (tertiary/aromatic N) is 2. The fourth-order valence-corrected chi connectivity index (χ4v) is 1.86. The maximum absolute atomic E-state index is 11.0. The van der Waals surface area contributed by atoms with E-state index >= 15 is 0 Å². The van der Waals surface area contributed by atoms with Gasteiger partial charge in [-0.1, -0.05) is 6.42 Å². The Bertz CT molecular complexity index is 326. The van der Waals surface area contributed by atoms with E-state index in [-0.39, 0.29) is 5.97 Å². The minimum absolute atomic E-state index is 0.0869. The van der Waals surface area contributed by atoms with Gasteiger partial charge in [-0.15, -0.1) is 0 Å². The Balaban J connectivity index is 2.02. The van der Waals surface area contributed by atoms with Gasteiger partial charge in [-0.3, -0.25) is 9.48 Å². The van der Waals surface area contributed by atoms with Gasteiger partial charge in [0.05, 0.1) is 16.4 Å². The second-order valence-electron chi connectivity index (χ2n) is 3.54. The largest absolute Gasteiger partial charge is 0.466 e. The van der Waals surface area contributed by atoms with Crippen LogP contribution in [0.25, 0.3) is 0 Å². The van der Waals surface area contributed by atoms with Gasteiger partial charge < -0.3 is 4.74 Å². The number of ether oxygens (including phenoxy) is 1. The van der Waals surface area contributed by atoms with Crippen molar-refractivity contribution < 1.29 is 9.53 Å². The summed E-state index contributed by atoms with van der Waals surface area (Å²) in [5, 5.41) is 4.20. The summed E-state index contributed by atoms with van der Waals surface area (Å²) in [4.78, 5) is 11.0. The average molecular weight is 336 g/mol. The fourth-order valence-electron chi connectivity index (χ4n) is 1.41. The van der Waals surface area contributed by atoms with E-state index in [1.165, 1.54) is 0 Å². The zero-order valence-corrected chi connectivity index (χ0v) is 11.6. The van der Waals surface area contributed by atoms with Gasteiger partial charge in [0.2, 0.25) is 0 Å². The Morgan fingerprint density at radius 2 is 2.31 bits per heavy atom. The van der Waals surface area contributed by atoms with Gasteiger partial charge in [0.25, 0.3) is 0 Å². The third-order valence-corrected chi connectivity index (χ3v) is 2.73. The second kappa shape index (κ2) is 7.65. The smallest absolute Gasteiger partial charge is 0.305 e. The third kappa shape index (κ3) is 5.48. The van der Waals surface area contributed by atoms with Crippen LogP contribution in [-0.2, 0) is 16.1 Å². The van der Waals surface area contributed by atoms with E-state index in [4.69, 9.17) is 4.74 Å². The van der Waals surface area contributed by atoms with Crippen molar-refractivity contribution >= 4 is 28.6 Å². The van der Waals surface area contributed by atoms with Gasteiger partial charge in [0.15, 0.2) is 0 Å². The summed E-state index contributed by atoms with van der Waals surface area (Å²) in [7, 11) is 0. The number of unbranched alkanes of at least 4 members (excludes halogenated alkanes) is 2. The van der Waals surface area contributed by atoms with E-state index in [1.807, 2.05) is 24.0 Å². The number of rotatable bonds is 7. The molecular formula is C11H17IN2O2. The van der Waals surface area contributed by atoms with Gasteiger partial charge in [-0.25, -0.2) is 0 Å². The number of hydrogen-bond acceptors (Lipinski definition) is 3. The van der Waals surface area contributed by atoms with Crippen molar-refractivity contribution in [2.75, 3.05) is 6.61 Å². The molecule has 0 saturated heterocycles. The molecule has 1 aromatic rings. The van der Waals surface area contributed by atoms with E-state index in [9.17, 15) is 4.79 Å². The van der Waals surface area contributed by atoms with Crippen LogP contribution < -0.4 is 0 Å². The van der Waals surface area contributed by atoms with Crippen molar-refractivity contribution in [3.63, 3.8) is 0 Å². The fraction of sp³-hybridized carbons (Fsp3) is 0.636. The topological polar surface area (TPSA) is 44.1 Å². The second-order valence-corrected chi connectivity index (χ2v) is 4.78. The first-order chi connectivity index (χ1) is 7.72. The van der Waals surface area contributed by atoms with E-state index in [2.05, 4.69) is 27.7 Å². The molecule has 0 saturated carbocycles. The highest BCUT2D eigenvalue weighted by atomic mass is 127. The van der Waals surface area contributed by atoms with Crippen LogP contribution in [0.5, 0.6) is 0 Å². The van der Waals surface area contributed by atoms with Crippen molar-refractivity contribution in [1.82, 2.24) is 9.78 Å². The predicted molar refractivity (Wildman–Crippen MR) is 70.0 cm³/mol. The van der Waals surface area contributed by atoms with Crippen LogP contribution in [0.2, 0.25) is 0 Å². The molecule has 0 radical (unpaired) electrons. The Kier molecular flexibility index (Phi) is 6.44. The third-order valence-electron chi connectivity index (χ3n) is 2.18. The number of carbonyl (C=O) groups excluding carboxylic acids is 1. The average Bonchev–Trinajstić information content (AvgIpc) is 2.64. The van der Waals surface area contributed by atoms with E-state index < -0.39 is 0 Å². The van der Waals surface area contributed by atoms with E-state index in [0.717, 1.165) is 29.4 Å². The lowest BCUT2D eigenvalue weighted by Crippen LogP contribution is -2.04. The minimum atomic E-state index is -0.0869. The maximum atomic E-state index is 11.0. The Hall–Kier alpha value is -0.590. The van der Waals surface area contributed by atoms with Crippen LogP contribution in [0.15, 0.2) is 12.4 Å². The van der Waals surface area contributed by atoms with E-state index in [0.29, 0.717) is 13.0 Å². The molecule has 0 amide bonds. The van der Waals surface area contributed by atoms with Crippen molar-refractivity contribution in [3.05, 3.63) is 16.0 Å². The molecule has 1 aromatic heterocycles. The summed E-state index contributed by atoms with van der Waals surface area (Å²) in [5.74, 6) is -0.0869. The molecule has 0 atom stereocenters. The molecule has 1 rings (SSSR count). The summed E-state index contributed by atoms with van der Waals surface area (Å²) in [5.41, 5.74) is 0.